The predicted molar refractivity (Wildman–Crippen MR) is 139 cm³/mol. The maximum Gasteiger partial charge on any atom is 0.251 e. The van der Waals surface area contributed by atoms with E-state index < -0.39 is 0 Å². The van der Waals surface area contributed by atoms with Gasteiger partial charge >= 0.3 is 0 Å². The van der Waals surface area contributed by atoms with E-state index in [4.69, 9.17) is 15.9 Å². The molecule has 3 heterocycles. The summed E-state index contributed by atoms with van der Waals surface area (Å²) in [5, 5.41) is 16.3. The molecule has 2 aromatic carbocycles. The number of nitrogens with two attached hydrogens (primary N) is 1. The number of piperidine rings is 1. The molecule has 36 heavy (non-hydrogen) atoms. The topological polar surface area (TPSA) is 110 Å². The molecule has 1 amide bonds. The molecular weight excluding hydrogens is 454 g/mol. The number of nitrogen functional groups attached to an aromatic ring is 1. The number of anilines is 1. The van der Waals surface area contributed by atoms with Crippen molar-refractivity contribution in [2.24, 2.45) is 5.11 Å². The van der Waals surface area contributed by atoms with E-state index in [0.717, 1.165) is 64.5 Å². The molecule has 0 aromatic heterocycles. The molecule has 3 aliphatic rings. The normalized spacial score (nSPS) is 19.2. The Morgan fingerprint density at radius 3 is 2.53 bits per heavy atom. The zero-order valence-corrected chi connectivity index (χ0v) is 20.7. The molecule has 0 radical (unpaired) electrons. The highest BCUT2D eigenvalue weighted by atomic mass is 16.5. The monoisotopic (exact) mass is 488 g/mol. The molecular formula is C27H34N7O2+. The lowest BCUT2D eigenvalue weighted by molar-refractivity contribution is -0.459. The van der Waals surface area contributed by atoms with Crippen molar-refractivity contribution in [3.63, 3.8) is 0 Å². The summed E-state index contributed by atoms with van der Waals surface area (Å²) in [5.41, 5.74) is 10.6. The Hall–Kier alpha value is -3.40. The van der Waals surface area contributed by atoms with Crippen LogP contribution in [0.2, 0.25) is 0 Å². The third-order valence-corrected chi connectivity index (χ3v) is 7.07. The van der Waals surface area contributed by atoms with Gasteiger partial charge in [-0.15, -0.1) is 0 Å². The zero-order valence-electron chi connectivity index (χ0n) is 20.7. The quantitative estimate of drug-likeness (QED) is 0.315. The Bertz CT molecular complexity index is 1190. The molecule has 4 N–H and O–H groups in total. The molecule has 2 saturated heterocycles. The minimum absolute atomic E-state index is 0.128. The first-order chi connectivity index (χ1) is 17.5. The second-order valence-electron chi connectivity index (χ2n) is 9.74. The second-order valence-corrected chi connectivity index (χ2v) is 9.74. The number of benzene rings is 2. The summed E-state index contributed by atoms with van der Waals surface area (Å²) < 4.78 is 7.18. The fourth-order valence-electron chi connectivity index (χ4n) is 4.72. The number of amides is 1. The highest BCUT2D eigenvalue weighted by Gasteiger charge is 2.28. The van der Waals surface area contributed by atoms with E-state index in [1.165, 1.54) is 5.56 Å². The van der Waals surface area contributed by atoms with Crippen LogP contribution in [0.15, 0.2) is 59.5 Å². The van der Waals surface area contributed by atoms with Crippen LogP contribution in [0.4, 0.5) is 11.4 Å². The van der Waals surface area contributed by atoms with E-state index in [0.29, 0.717) is 22.5 Å². The molecule has 9 nitrogen and oxygen atoms in total. The van der Waals surface area contributed by atoms with Crippen LogP contribution in [-0.2, 0) is 11.3 Å². The van der Waals surface area contributed by atoms with E-state index in [2.05, 4.69) is 39.4 Å². The Morgan fingerprint density at radius 1 is 1.14 bits per heavy atom. The Morgan fingerprint density at radius 2 is 1.83 bits per heavy atom. The fourth-order valence-corrected chi connectivity index (χ4v) is 4.72. The predicted octanol–water partition coefficient (Wildman–Crippen LogP) is 2.94. The molecule has 0 unspecified atom stereocenters. The number of ether oxygens (including phenoxy) is 1. The molecule has 2 fully saturated rings. The van der Waals surface area contributed by atoms with Gasteiger partial charge in [-0.2, -0.15) is 0 Å². The van der Waals surface area contributed by atoms with Crippen molar-refractivity contribution in [2.75, 3.05) is 52.2 Å². The summed E-state index contributed by atoms with van der Waals surface area (Å²) >= 11 is 0. The summed E-state index contributed by atoms with van der Waals surface area (Å²) in [4.78, 5) is 17.5. The van der Waals surface area contributed by atoms with E-state index in [1.807, 2.05) is 18.3 Å². The molecule has 2 aromatic rings. The molecule has 0 bridgehead atoms. The average Bonchev–Trinajstić information content (AvgIpc) is 2.86. The highest BCUT2D eigenvalue weighted by molar-refractivity contribution is 6.14. The minimum atomic E-state index is -0.128. The van der Waals surface area contributed by atoms with E-state index in [1.54, 1.807) is 22.9 Å². The molecule has 188 valence electrons. The van der Waals surface area contributed by atoms with Gasteiger partial charge in [-0.1, -0.05) is 12.1 Å². The third-order valence-electron chi connectivity index (χ3n) is 7.07. The maximum atomic E-state index is 12.8. The summed E-state index contributed by atoms with van der Waals surface area (Å²) in [6, 6.07) is 13.6. The molecule has 3 aliphatic heterocycles. The Kier molecular flexibility index (Phi) is 7.22. The number of hydrogen-bond donors (Lipinski definition) is 3. The van der Waals surface area contributed by atoms with Crippen LogP contribution in [0.1, 0.15) is 34.3 Å². The lowest BCUT2D eigenvalue weighted by Crippen LogP contribution is -2.43. The van der Waals surface area contributed by atoms with Gasteiger partial charge in [0.05, 0.1) is 13.2 Å². The van der Waals surface area contributed by atoms with Crippen molar-refractivity contribution < 1.29 is 14.2 Å². The zero-order chi connectivity index (χ0) is 25.1. The van der Waals surface area contributed by atoms with Crippen molar-refractivity contribution in [2.45, 2.75) is 25.4 Å². The van der Waals surface area contributed by atoms with Crippen LogP contribution >= 0.6 is 0 Å². The first-order valence-electron chi connectivity index (χ1n) is 12.6. The van der Waals surface area contributed by atoms with Gasteiger partial charge in [-0.25, -0.2) is 0 Å². The number of hydrogen-bond acceptors (Lipinski definition) is 7. The van der Waals surface area contributed by atoms with Gasteiger partial charge in [-0.05, 0) is 61.4 Å². The number of rotatable bonds is 7. The molecule has 0 atom stereocenters. The van der Waals surface area contributed by atoms with E-state index in [-0.39, 0.29) is 17.7 Å². The van der Waals surface area contributed by atoms with Gasteiger partial charge < -0.3 is 20.7 Å². The number of carbonyl (C=O) groups excluding carboxylic acids is 1. The van der Waals surface area contributed by atoms with Crippen molar-refractivity contribution in [1.29, 1.82) is 5.41 Å². The van der Waals surface area contributed by atoms with Gasteiger partial charge in [-0.3, -0.25) is 15.1 Å². The summed E-state index contributed by atoms with van der Waals surface area (Å²) in [6.07, 6.45) is 3.70. The van der Waals surface area contributed by atoms with Crippen molar-refractivity contribution in [3.8, 4) is 0 Å². The lowest BCUT2D eigenvalue weighted by Gasteiger charge is -2.29. The first-order valence-corrected chi connectivity index (χ1v) is 12.6. The number of morpholine rings is 1. The van der Waals surface area contributed by atoms with Crippen LogP contribution in [0.3, 0.4) is 0 Å². The standard InChI is InChI=1S/C27H33N7O2/c1-32-10-8-21(9-11-32)30-27(35)20-4-7-24(28)23(16-20)26(29)25-18-34(31-25)22-5-2-19(3-6-22)17-33-12-14-36-15-13-33/h2-7,16,18,21H,8-15,17H2,1H3,(H3-,28,29,30,35)/p+1. The van der Waals surface area contributed by atoms with E-state index >= 15 is 0 Å². The van der Waals surface area contributed by atoms with Gasteiger partial charge in [0.15, 0.2) is 0 Å². The van der Waals surface area contributed by atoms with Gasteiger partial charge in [0.1, 0.15) is 5.71 Å². The van der Waals surface area contributed by atoms with Gasteiger partial charge in [0, 0.05) is 59.7 Å². The lowest BCUT2D eigenvalue weighted by atomic mass is 10.0. The molecule has 0 saturated carbocycles. The molecule has 0 spiro atoms. The molecule has 5 rings (SSSR count). The largest absolute Gasteiger partial charge is 0.398 e. The van der Waals surface area contributed by atoms with Crippen LogP contribution < -0.4 is 11.1 Å². The molecule has 9 heteroatoms. The number of likely N-dealkylation sites (tertiary alicyclic amines) is 1. The number of carbonyl (C=O) groups is 1. The number of nitrogens with one attached hydrogen (secondary N) is 2. The Balaban J connectivity index is 1.20. The number of azo groups is 2. The molecule has 0 aliphatic carbocycles. The van der Waals surface area contributed by atoms with Crippen LogP contribution in [0.25, 0.3) is 0 Å². The van der Waals surface area contributed by atoms with E-state index in [9.17, 15) is 4.79 Å². The first kappa shape index (κ1) is 24.3. The maximum absolute atomic E-state index is 12.8. The summed E-state index contributed by atoms with van der Waals surface area (Å²) in [5.74, 6) is -0.128. The van der Waals surface area contributed by atoms with Gasteiger partial charge in [0.2, 0.25) is 17.6 Å². The Labute approximate surface area is 211 Å². The van der Waals surface area contributed by atoms with Gasteiger partial charge in [0.25, 0.3) is 5.91 Å². The SMILES string of the molecule is CN1CCC(NC(=O)c2ccc(N)c(C(=N)C3=C[N+](c4ccc(CN5CCOCC5)cc4)=N3)c2)CC1. The third kappa shape index (κ3) is 5.53. The van der Waals surface area contributed by atoms with Crippen molar-refractivity contribution in [3.05, 3.63) is 71.1 Å². The van der Waals surface area contributed by atoms with Crippen LogP contribution in [0, 0.1) is 5.41 Å². The second kappa shape index (κ2) is 10.7. The van der Waals surface area contributed by atoms with Crippen molar-refractivity contribution >= 4 is 23.0 Å². The van der Waals surface area contributed by atoms with Crippen LogP contribution in [-0.4, -0.2) is 78.6 Å². The van der Waals surface area contributed by atoms with Crippen LogP contribution in [0.5, 0.6) is 0 Å². The van der Waals surface area contributed by atoms with Crippen molar-refractivity contribution in [1.82, 2.24) is 15.1 Å². The number of nitrogens with zero attached hydrogens (tertiary/aromatic N) is 4. The minimum Gasteiger partial charge on any atom is -0.398 e. The average molecular weight is 489 g/mol. The highest BCUT2D eigenvalue weighted by Crippen LogP contribution is 2.27. The number of allylic oxidation sites excluding steroid dienone is 1. The summed E-state index contributed by atoms with van der Waals surface area (Å²) in [6.45, 7) is 6.37. The summed E-state index contributed by atoms with van der Waals surface area (Å²) in [7, 11) is 2.10. The smallest absolute Gasteiger partial charge is 0.251 e. The fraction of sp³-hybridized carbons (Fsp3) is 0.407.